The van der Waals surface area contributed by atoms with Gasteiger partial charge in [-0.2, -0.15) is 0 Å². The first-order valence-corrected chi connectivity index (χ1v) is 8.50. The number of carbonyl (C=O) groups excluding carboxylic acids is 1. The van der Waals surface area contributed by atoms with Crippen LogP contribution >= 0.6 is 15.9 Å². The van der Waals surface area contributed by atoms with Crippen LogP contribution in [0.1, 0.15) is 22.8 Å². The lowest BCUT2D eigenvalue weighted by Crippen LogP contribution is -2.15. The van der Waals surface area contributed by atoms with Gasteiger partial charge in [-0.3, -0.25) is 9.78 Å². The van der Waals surface area contributed by atoms with Crippen LogP contribution in [-0.2, 0) is 16.0 Å². The highest BCUT2D eigenvalue weighted by Crippen LogP contribution is 2.26. The second-order valence-electron chi connectivity index (χ2n) is 5.51. The number of nitrogens with zero attached hydrogens (tertiary/aromatic N) is 1. The molecule has 2 aromatic carbocycles. The minimum absolute atomic E-state index is 0.155. The first-order chi connectivity index (χ1) is 12.1. The normalized spacial score (nSPS) is 11.8. The summed E-state index contributed by atoms with van der Waals surface area (Å²) in [7, 11) is 0. The Labute approximate surface area is 153 Å². The average molecular weight is 400 g/mol. The van der Waals surface area contributed by atoms with E-state index in [0.29, 0.717) is 5.56 Å². The number of hydrogen-bond donors (Lipinski definition) is 0. The van der Waals surface area contributed by atoms with Crippen LogP contribution in [0.4, 0.5) is 4.39 Å². The number of aromatic nitrogens is 1. The zero-order valence-electron chi connectivity index (χ0n) is 13.2. The molecule has 0 fully saturated rings. The van der Waals surface area contributed by atoms with Gasteiger partial charge in [0.15, 0.2) is 6.10 Å². The van der Waals surface area contributed by atoms with Crippen molar-refractivity contribution in [2.24, 2.45) is 0 Å². The predicted molar refractivity (Wildman–Crippen MR) is 96.4 cm³/mol. The van der Waals surface area contributed by atoms with Crippen LogP contribution in [0, 0.1) is 5.82 Å². The van der Waals surface area contributed by atoms with E-state index in [9.17, 15) is 9.18 Å². The third-order valence-electron chi connectivity index (χ3n) is 3.67. The summed E-state index contributed by atoms with van der Waals surface area (Å²) in [6.07, 6.45) is 2.81. The molecule has 1 aromatic heterocycles. The van der Waals surface area contributed by atoms with Crippen molar-refractivity contribution in [1.29, 1.82) is 0 Å². The van der Waals surface area contributed by atoms with E-state index in [0.717, 1.165) is 15.6 Å². The largest absolute Gasteiger partial charge is 0.452 e. The molecule has 0 radical (unpaired) electrons. The molecule has 3 rings (SSSR count). The molecule has 0 unspecified atom stereocenters. The van der Waals surface area contributed by atoms with Gasteiger partial charge in [0.2, 0.25) is 0 Å². The molecule has 1 heterocycles. The number of esters is 1. The summed E-state index contributed by atoms with van der Waals surface area (Å²) in [5.74, 6) is -0.693. The van der Waals surface area contributed by atoms with Gasteiger partial charge in [-0.15, -0.1) is 0 Å². The number of pyridine rings is 1. The third kappa shape index (κ3) is 4.73. The van der Waals surface area contributed by atoms with Crippen LogP contribution < -0.4 is 0 Å². The van der Waals surface area contributed by atoms with E-state index >= 15 is 0 Å². The molecule has 0 spiro atoms. The zero-order chi connectivity index (χ0) is 17.6. The van der Waals surface area contributed by atoms with E-state index in [1.54, 1.807) is 36.7 Å². The van der Waals surface area contributed by atoms with Crippen LogP contribution in [0.2, 0.25) is 0 Å². The molecule has 3 aromatic rings. The van der Waals surface area contributed by atoms with Crippen molar-refractivity contribution < 1.29 is 13.9 Å². The highest BCUT2D eigenvalue weighted by Gasteiger charge is 2.19. The lowest BCUT2D eigenvalue weighted by Gasteiger charge is -2.19. The number of rotatable bonds is 5. The van der Waals surface area contributed by atoms with Crippen molar-refractivity contribution in [2.75, 3.05) is 0 Å². The number of benzene rings is 2. The standard InChI is InChI=1S/C20H15BrFNO2/c21-17-3-1-2-14(12-17)13-19(24)25-20(16-8-10-23-11-9-16)15-4-6-18(22)7-5-15/h1-12,20H,13H2/t20-/m0/s1. The number of halogens is 2. The summed E-state index contributed by atoms with van der Waals surface area (Å²) in [4.78, 5) is 16.4. The fraction of sp³-hybridized carbons (Fsp3) is 0.100. The van der Waals surface area contributed by atoms with Gasteiger partial charge in [0.05, 0.1) is 6.42 Å². The molecule has 0 bridgehead atoms. The second-order valence-corrected chi connectivity index (χ2v) is 6.42. The molecule has 0 aliphatic rings. The summed E-state index contributed by atoms with van der Waals surface area (Å²) in [5.41, 5.74) is 2.34. The van der Waals surface area contributed by atoms with Gasteiger partial charge in [-0.1, -0.05) is 40.2 Å². The number of hydrogen-bond acceptors (Lipinski definition) is 3. The van der Waals surface area contributed by atoms with Gasteiger partial charge in [-0.05, 0) is 47.5 Å². The van der Waals surface area contributed by atoms with Gasteiger partial charge in [0.1, 0.15) is 5.82 Å². The van der Waals surface area contributed by atoms with Gasteiger partial charge in [0, 0.05) is 22.4 Å². The number of ether oxygens (including phenoxy) is 1. The Morgan fingerprint density at radius 2 is 1.72 bits per heavy atom. The van der Waals surface area contributed by atoms with Crippen molar-refractivity contribution >= 4 is 21.9 Å². The lowest BCUT2D eigenvalue weighted by molar-refractivity contribution is -0.146. The summed E-state index contributed by atoms with van der Waals surface area (Å²) in [5, 5.41) is 0. The molecule has 5 heteroatoms. The highest BCUT2D eigenvalue weighted by molar-refractivity contribution is 9.10. The molecule has 0 saturated carbocycles. The second kappa shape index (κ2) is 8.03. The predicted octanol–water partition coefficient (Wildman–Crippen LogP) is 4.86. The Kier molecular flexibility index (Phi) is 5.56. The molecule has 3 nitrogen and oxygen atoms in total. The zero-order valence-corrected chi connectivity index (χ0v) is 14.8. The molecule has 126 valence electrons. The maximum atomic E-state index is 13.2. The minimum atomic E-state index is -0.608. The first kappa shape index (κ1) is 17.3. The van der Waals surface area contributed by atoms with Gasteiger partial charge < -0.3 is 4.74 Å². The minimum Gasteiger partial charge on any atom is -0.452 e. The molecule has 1 atom stereocenters. The van der Waals surface area contributed by atoms with Crippen LogP contribution in [0.5, 0.6) is 0 Å². The van der Waals surface area contributed by atoms with Crippen LogP contribution in [0.15, 0.2) is 77.5 Å². The van der Waals surface area contributed by atoms with Gasteiger partial charge in [-0.25, -0.2) is 4.39 Å². The Morgan fingerprint density at radius 1 is 1.04 bits per heavy atom. The molecular formula is C20H15BrFNO2. The Balaban J connectivity index is 1.82. The maximum Gasteiger partial charge on any atom is 0.311 e. The summed E-state index contributed by atoms with van der Waals surface area (Å²) in [6.45, 7) is 0. The first-order valence-electron chi connectivity index (χ1n) is 7.71. The van der Waals surface area contributed by atoms with E-state index in [1.165, 1.54) is 12.1 Å². The smallest absolute Gasteiger partial charge is 0.311 e. The Hall–Kier alpha value is -2.53. The molecule has 0 amide bonds. The average Bonchev–Trinajstić information content (AvgIpc) is 2.61. The van der Waals surface area contributed by atoms with Crippen molar-refractivity contribution in [3.63, 3.8) is 0 Å². The van der Waals surface area contributed by atoms with Crippen molar-refractivity contribution in [3.05, 3.63) is 100 Å². The molecule has 0 saturated heterocycles. The van der Waals surface area contributed by atoms with Crippen LogP contribution in [-0.4, -0.2) is 11.0 Å². The van der Waals surface area contributed by atoms with E-state index in [4.69, 9.17) is 4.74 Å². The van der Waals surface area contributed by atoms with E-state index in [-0.39, 0.29) is 18.2 Å². The Bertz CT molecular complexity index is 853. The summed E-state index contributed by atoms with van der Waals surface area (Å²) >= 11 is 3.39. The molecule has 0 N–H and O–H groups in total. The van der Waals surface area contributed by atoms with E-state index in [1.807, 2.05) is 24.3 Å². The topological polar surface area (TPSA) is 39.2 Å². The third-order valence-corrected chi connectivity index (χ3v) is 4.16. The van der Waals surface area contributed by atoms with Crippen molar-refractivity contribution in [2.45, 2.75) is 12.5 Å². The summed E-state index contributed by atoms with van der Waals surface area (Å²) in [6, 6.07) is 17.0. The summed E-state index contributed by atoms with van der Waals surface area (Å²) < 4.78 is 19.8. The van der Waals surface area contributed by atoms with Gasteiger partial charge >= 0.3 is 5.97 Å². The SMILES string of the molecule is O=C(Cc1cccc(Br)c1)O[C@H](c1ccncc1)c1ccc(F)cc1. The van der Waals surface area contributed by atoms with Crippen molar-refractivity contribution in [3.8, 4) is 0 Å². The molecular weight excluding hydrogens is 385 g/mol. The van der Waals surface area contributed by atoms with Crippen LogP contribution in [0.25, 0.3) is 0 Å². The quantitative estimate of drug-likeness (QED) is 0.575. The molecule has 0 aliphatic heterocycles. The fourth-order valence-electron chi connectivity index (χ4n) is 2.49. The van der Waals surface area contributed by atoms with Gasteiger partial charge in [0.25, 0.3) is 0 Å². The lowest BCUT2D eigenvalue weighted by atomic mass is 10.0. The monoisotopic (exact) mass is 399 g/mol. The molecule has 25 heavy (non-hydrogen) atoms. The Morgan fingerprint density at radius 3 is 2.40 bits per heavy atom. The highest BCUT2D eigenvalue weighted by atomic mass is 79.9. The molecule has 0 aliphatic carbocycles. The maximum absolute atomic E-state index is 13.2. The van der Waals surface area contributed by atoms with Crippen molar-refractivity contribution in [1.82, 2.24) is 4.98 Å². The van der Waals surface area contributed by atoms with Crippen LogP contribution in [0.3, 0.4) is 0 Å². The van der Waals surface area contributed by atoms with E-state index in [2.05, 4.69) is 20.9 Å². The van der Waals surface area contributed by atoms with E-state index < -0.39 is 6.10 Å². The number of carbonyl (C=O) groups is 1. The fourth-order valence-corrected chi connectivity index (χ4v) is 2.94.